The standard InChI is InChI=1S/C14H17NO2/c1-10-4-5-12(11(2)8-10)13(9-15)14(16)6-7-17-3/h4-5,8,13H,6-7H2,1-3H3. The Morgan fingerprint density at radius 2 is 2.18 bits per heavy atom. The van der Waals surface area contributed by atoms with Crippen LogP contribution in [0.15, 0.2) is 18.2 Å². The molecule has 0 aromatic heterocycles. The summed E-state index contributed by atoms with van der Waals surface area (Å²) in [5, 5.41) is 9.13. The predicted octanol–water partition coefficient (Wildman–Crippen LogP) is 2.52. The fourth-order valence-electron chi connectivity index (χ4n) is 1.81. The second kappa shape index (κ2) is 6.17. The molecule has 0 saturated heterocycles. The van der Waals surface area contributed by atoms with Crippen molar-refractivity contribution in [1.29, 1.82) is 5.26 Å². The van der Waals surface area contributed by atoms with Crippen LogP contribution in [-0.2, 0) is 9.53 Å². The molecule has 90 valence electrons. The highest BCUT2D eigenvalue weighted by atomic mass is 16.5. The van der Waals surface area contributed by atoms with Crippen molar-refractivity contribution in [3.05, 3.63) is 34.9 Å². The van der Waals surface area contributed by atoms with Gasteiger partial charge in [-0.05, 0) is 25.0 Å². The molecule has 0 aliphatic carbocycles. The number of methoxy groups -OCH3 is 1. The lowest BCUT2D eigenvalue weighted by Crippen LogP contribution is -2.14. The molecule has 0 aliphatic heterocycles. The highest BCUT2D eigenvalue weighted by molar-refractivity contribution is 5.88. The number of rotatable bonds is 5. The van der Waals surface area contributed by atoms with E-state index < -0.39 is 5.92 Å². The third-order valence-corrected chi connectivity index (χ3v) is 2.74. The van der Waals surface area contributed by atoms with Crippen molar-refractivity contribution in [3.8, 4) is 6.07 Å². The molecule has 0 aliphatic rings. The van der Waals surface area contributed by atoms with Crippen molar-refractivity contribution in [2.24, 2.45) is 0 Å². The first-order chi connectivity index (χ1) is 8.10. The minimum Gasteiger partial charge on any atom is -0.384 e. The molecular weight excluding hydrogens is 214 g/mol. The maximum absolute atomic E-state index is 11.9. The van der Waals surface area contributed by atoms with E-state index in [1.165, 1.54) is 0 Å². The van der Waals surface area contributed by atoms with Gasteiger partial charge in [0.05, 0.1) is 12.7 Å². The minimum absolute atomic E-state index is 0.0821. The average molecular weight is 231 g/mol. The lowest BCUT2D eigenvalue weighted by Gasteiger charge is -2.12. The summed E-state index contributed by atoms with van der Waals surface area (Å²) in [7, 11) is 1.55. The SMILES string of the molecule is COCCC(=O)C(C#N)c1ccc(C)cc1C. The summed E-state index contributed by atoms with van der Waals surface area (Å²) in [5.41, 5.74) is 2.92. The van der Waals surface area contributed by atoms with E-state index in [9.17, 15) is 4.79 Å². The summed E-state index contributed by atoms with van der Waals surface area (Å²) in [6.45, 7) is 4.28. The van der Waals surface area contributed by atoms with E-state index in [-0.39, 0.29) is 12.2 Å². The van der Waals surface area contributed by atoms with Gasteiger partial charge >= 0.3 is 0 Å². The maximum Gasteiger partial charge on any atom is 0.156 e. The Hall–Kier alpha value is -1.66. The van der Waals surface area contributed by atoms with Crippen LogP contribution in [0.4, 0.5) is 0 Å². The number of carbonyl (C=O) groups excluding carboxylic acids is 1. The van der Waals surface area contributed by atoms with Gasteiger partial charge in [0.2, 0.25) is 0 Å². The fraction of sp³-hybridized carbons (Fsp3) is 0.429. The smallest absolute Gasteiger partial charge is 0.156 e. The van der Waals surface area contributed by atoms with Gasteiger partial charge in [-0.3, -0.25) is 4.79 Å². The summed E-state index contributed by atoms with van der Waals surface area (Å²) in [6, 6.07) is 7.86. The van der Waals surface area contributed by atoms with Gasteiger partial charge in [-0.1, -0.05) is 23.8 Å². The quantitative estimate of drug-likeness (QED) is 0.782. The highest BCUT2D eigenvalue weighted by Crippen LogP contribution is 2.22. The Balaban J connectivity index is 2.94. The second-order valence-electron chi connectivity index (χ2n) is 4.13. The number of carbonyl (C=O) groups is 1. The molecule has 1 aromatic rings. The van der Waals surface area contributed by atoms with E-state index in [4.69, 9.17) is 10.00 Å². The first kappa shape index (κ1) is 13.4. The molecule has 1 aromatic carbocycles. The van der Waals surface area contributed by atoms with E-state index in [1.54, 1.807) is 7.11 Å². The molecule has 0 bridgehead atoms. The molecule has 3 nitrogen and oxygen atoms in total. The Bertz CT molecular complexity index is 446. The lowest BCUT2D eigenvalue weighted by molar-refractivity contribution is -0.120. The third kappa shape index (κ3) is 3.40. The zero-order chi connectivity index (χ0) is 12.8. The number of aryl methyl sites for hydroxylation is 2. The number of ether oxygens (including phenoxy) is 1. The molecule has 0 fully saturated rings. The zero-order valence-electron chi connectivity index (χ0n) is 10.5. The first-order valence-corrected chi connectivity index (χ1v) is 5.58. The van der Waals surface area contributed by atoms with Gasteiger partial charge in [0.1, 0.15) is 5.92 Å². The van der Waals surface area contributed by atoms with Crippen LogP contribution in [0.25, 0.3) is 0 Å². The number of nitriles is 1. The van der Waals surface area contributed by atoms with E-state index in [0.717, 1.165) is 16.7 Å². The van der Waals surface area contributed by atoms with Gasteiger partial charge in [-0.25, -0.2) is 0 Å². The molecule has 1 rings (SSSR count). The Morgan fingerprint density at radius 3 is 2.71 bits per heavy atom. The number of ketones is 1. The minimum atomic E-state index is -0.675. The van der Waals surface area contributed by atoms with Gasteiger partial charge in [0, 0.05) is 13.5 Å². The summed E-state index contributed by atoms with van der Waals surface area (Å²) in [5.74, 6) is -0.757. The van der Waals surface area contributed by atoms with Gasteiger partial charge in [-0.2, -0.15) is 5.26 Å². The summed E-state index contributed by atoms with van der Waals surface area (Å²) in [4.78, 5) is 11.9. The van der Waals surface area contributed by atoms with Gasteiger partial charge in [0.25, 0.3) is 0 Å². The number of hydrogen-bond donors (Lipinski definition) is 0. The van der Waals surface area contributed by atoms with Crippen molar-refractivity contribution in [2.75, 3.05) is 13.7 Å². The van der Waals surface area contributed by atoms with Crippen molar-refractivity contribution in [3.63, 3.8) is 0 Å². The molecular formula is C14H17NO2. The zero-order valence-corrected chi connectivity index (χ0v) is 10.5. The van der Waals surface area contributed by atoms with E-state index >= 15 is 0 Å². The molecule has 3 heteroatoms. The molecule has 0 spiro atoms. The van der Waals surface area contributed by atoms with Crippen molar-refractivity contribution in [1.82, 2.24) is 0 Å². The van der Waals surface area contributed by atoms with Crippen LogP contribution in [0.5, 0.6) is 0 Å². The third-order valence-electron chi connectivity index (χ3n) is 2.74. The summed E-state index contributed by atoms with van der Waals surface area (Å²) >= 11 is 0. The van der Waals surface area contributed by atoms with Crippen LogP contribution in [0.1, 0.15) is 29.0 Å². The number of Topliss-reactive ketones (excluding diaryl/α,β-unsaturated/α-hetero) is 1. The predicted molar refractivity (Wildman–Crippen MR) is 65.8 cm³/mol. The van der Waals surface area contributed by atoms with Crippen LogP contribution in [0.3, 0.4) is 0 Å². The van der Waals surface area contributed by atoms with Crippen molar-refractivity contribution in [2.45, 2.75) is 26.2 Å². The normalized spacial score (nSPS) is 11.9. The van der Waals surface area contributed by atoms with E-state index in [0.29, 0.717) is 6.61 Å². The monoisotopic (exact) mass is 231 g/mol. The fourth-order valence-corrected chi connectivity index (χ4v) is 1.81. The van der Waals surface area contributed by atoms with E-state index in [2.05, 4.69) is 6.07 Å². The average Bonchev–Trinajstić information content (AvgIpc) is 2.30. The Labute approximate surface area is 102 Å². The lowest BCUT2D eigenvalue weighted by atomic mass is 9.90. The molecule has 0 heterocycles. The van der Waals surface area contributed by atoms with Gasteiger partial charge in [0.15, 0.2) is 5.78 Å². The number of nitrogens with zero attached hydrogens (tertiary/aromatic N) is 1. The van der Waals surface area contributed by atoms with E-state index in [1.807, 2.05) is 32.0 Å². The Kier molecular flexibility index (Phi) is 4.86. The van der Waals surface area contributed by atoms with Crippen LogP contribution in [0, 0.1) is 25.2 Å². The molecule has 0 radical (unpaired) electrons. The Morgan fingerprint density at radius 1 is 1.47 bits per heavy atom. The van der Waals surface area contributed by atoms with Crippen molar-refractivity contribution < 1.29 is 9.53 Å². The van der Waals surface area contributed by atoms with Crippen LogP contribution >= 0.6 is 0 Å². The molecule has 0 amide bonds. The maximum atomic E-state index is 11.9. The first-order valence-electron chi connectivity index (χ1n) is 5.58. The highest BCUT2D eigenvalue weighted by Gasteiger charge is 2.21. The van der Waals surface area contributed by atoms with Gasteiger partial charge < -0.3 is 4.74 Å². The number of hydrogen-bond acceptors (Lipinski definition) is 3. The summed E-state index contributed by atoms with van der Waals surface area (Å²) in [6.07, 6.45) is 0.280. The molecule has 17 heavy (non-hydrogen) atoms. The summed E-state index contributed by atoms with van der Waals surface area (Å²) < 4.78 is 4.86. The molecule has 1 atom stereocenters. The second-order valence-corrected chi connectivity index (χ2v) is 4.13. The van der Waals surface area contributed by atoms with Crippen molar-refractivity contribution >= 4 is 5.78 Å². The van der Waals surface area contributed by atoms with Crippen LogP contribution < -0.4 is 0 Å². The van der Waals surface area contributed by atoms with Crippen LogP contribution in [0.2, 0.25) is 0 Å². The molecule has 1 unspecified atom stereocenters. The topological polar surface area (TPSA) is 50.1 Å². The number of benzene rings is 1. The van der Waals surface area contributed by atoms with Gasteiger partial charge in [-0.15, -0.1) is 0 Å². The largest absolute Gasteiger partial charge is 0.384 e. The molecule has 0 saturated carbocycles. The molecule has 0 N–H and O–H groups in total. The van der Waals surface area contributed by atoms with Crippen LogP contribution in [-0.4, -0.2) is 19.5 Å².